The normalized spacial score (nSPS) is 11.6. The number of methoxy groups -OCH3 is 1. The smallest absolute Gasteiger partial charge is 0.124 e. The number of rotatable bonds is 2. The lowest BCUT2D eigenvalue weighted by Crippen LogP contribution is -1.84. The summed E-state index contributed by atoms with van der Waals surface area (Å²) < 4.78 is 5.24. The molecule has 92 valence electrons. The van der Waals surface area contributed by atoms with Gasteiger partial charge in [-0.3, -0.25) is 0 Å². The van der Waals surface area contributed by atoms with E-state index in [1.165, 1.54) is 10.3 Å². The third-order valence-corrected chi connectivity index (χ3v) is 4.44. The Hall–Kier alpha value is -1.61. The molecule has 2 heterocycles. The average Bonchev–Trinajstić information content (AvgIpc) is 2.78. The van der Waals surface area contributed by atoms with E-state index in [0.717, 1.165) is 21.5 Å². The first-order valence-corrected chi connectivity index (χ1v) is 6.87. The van der Waals surface area contributed by atoms with E-state index in [0.29, 0.717) is 5.92 Å². The van der Waals surface area contributed by atoms with Crippen molar-refractivity contribution in [2.75, 3.05) is 7.11 Å². The van der Waals surface area contributed by atoms with Crippen LogP contribution in [0.1, 0.15) is 24.6 Å². The fourth-order valence-corrected chi connectivity index (χ4v) is 3.06. The summed E-state index contributed by atoms with van der Waals surface area (Å²) in [4.78, 5) is 7.23. The van der Waals surface area contributed by atoms with Crippen LogP contribution in [0.4, 0.5) is 0 Å². The van der Waals surface area contributed by atoms with Gasteiger partial charge < -0.3 is 4.74 Å². The first-order chi connectivity index (χ1) is 8.67. The van der Waals surface area contributed by atoms with Gasteiger partial charge >= 0.3 is 0 Å². The molecule has 3 rings (SSSR count). The molecule has 0 aliphatic carbocycles. The molecule has 3 heteroatoms. The molecule has 0 N–H and O–H groups in total. The van der Waals surface area contributed by atoms with Crippen molar-refractivity contribution in [1.29, 1.82) is 0 Å². The number of thiophene rings is 1. The molecule has 3 aromatic rings. The summed E-state index contributed by atoms with van der Waals surface area (Å²) in [6.07, 6.45) is 0. The van der Waals surface area contributed by atoms with Gasteiger partial charge in [-0.15, -0.1) is 11.3 Å². The molecule has 0 atom stereocenters. The van der Waals surface area contributed by atoms with Crippen LogP contribution in [0.25, 0.3) is 21.1 Å². The molecule has 0 unspecified atom stereocenters. The first-order valence-electron chi connectivity index (χ1n) is 6.05. The van der Waals surface area contributed by atoms with Crippen molar-refractivity contribution in [2.45, 2.75) is 19.8 Å². The van der Waals surface area contributed by atoms with Crippen LogP contribution in [-0.4, -0.2) is 12.1 Å². The summed E-state index contributed by atoms with van der Waals surface area (Å²) in [7, 11) is 1.68. The quantitative estimate of drug-likeness (QED) is 0.670. The van der Waals surface area contributed by atoms with E-state index >= 15 is 0 Å². The Bertz CT molecular complexity index is 715. The van der Waals surface area contributed by atoms with Crippen molar-refractivity contribution in [2.24, 2.45) is 0 Å². The lowest BCUT2D eigenvalue weighted by Gasteiger charge is -2.01. The molecule has 0 amide bonds. The molecule has 0 fully saturated rings. The molecule has 0 bridgehead atoms. The zero-order chi connectivity index (χ0) is 12.7. The standard InChI is InChI=1S/C15H15NOS/c1-9(2)14-7-11-6-10-4-5-12(17-3)8-13(10)16-15(11)18-14/h4-9H,1-3H3. The number of ether oxygens (including phenoxy) is 1. The van der Waals surface area contributed by atoms with Crippen LogP contribution < -0.4 is 4.74 Å². The van der Waals surface area contributed by atoms with Crippen LogP contribution in [0.3, 0.4) is 0 Å². The van der Waals surface area contributed by atoms with Gasteiger partial charge in [0.2, 0.25) is 0 Å². The Morgan fingerprint density at radius 2 is 1.94 bits per heavy atom. The SMILES string of the molecule is COc1ccc2cc3cc(C(C)C)sc3nc2c1. The van der Waals surface area contributed by atoms with Crippen molar-refractivity contribution >= 4 is 32.5 Å². The summed E-state index contributed by atoms with van der Waals surface area (Å²) >= 11 is 1.78. The van der Waals surface area contributed by atoms with E-state index in [-0.39, 0.29) is 0 Å². The Labute approximate surface area is 110 Å². The van der Waals surface area contributed by atoms with E-state index < -0.39 is 0 Å². The number of pyridine rings is 1. The lowest BCUT2D eigenvalue weighted by atomic mass is 10.1. The first kappa shape index (κ1) is 11.5. The van der Waals surface area contributed by atoms with Crippen LogP contribution in [0.15, 0.2) is 30.3 Å². The highest BCUT2D eigenvalue weighted by molar-refractivity contribution is 7.18. The topological polar surface area (TPSA) is 22.1 Å². The van der Waals surface area contributed by atoms with E-state index in [1.807, 2.05) is 12.1 Å². The van der Waals surface area contributed by atoms with Crippen molar-refractivity contribution in [1.82, 2.24) is 4.98 Å². The Morgan fingerprint density at radius 3 is 2.67 bits per heavy atom. The van der Waals surface area contributed by atoms with Crippen LogP contribution in [-0.2, 0) is 0 Å². The second-order valence-electron chi connectivity index (χ2n) is 4.74. The summed E-state index contributed by atoms with van der Waals surface area (Å²) in [5.41, 5.74) is 0.999. The predicted octanol–water partition coefficient (Wildman–Crippen LogP) is 4.58. The zero-order valence-electron chi connectivity index (χ0n) is 10.7. The second kappa shape index (κ2) is 4.25. The van der Waals surface area contributed by atoms with Gasteiger partial charge in [0.1, 0.15) is 10.6 Å². The average molecular weight is 257 g/mol. The lowest BCUT2D eigenvalue weighted by molar-refractivity contribution is 0.415. The predicted molar refractivity (Wildman–Crippen MR) is 77.8 cm³/mol. The van der Waals surface area contributed by atoms with E-state index in [4.69, 9.17) is 9.72 Å². The number of hydrogen-bond acceptors (Lipinski definition) is 3. The van der Waals surface area contributed by atoms with Crippen molar-refractivity contribution < 1.29 is 4.74 Å². The number of fused-ring (bicyclic) bond motifs is 2. The van der Waals surface area contributed by atoms with Crippen LogP contribution in [0.2, 0.25) is 0 Å². The highest BCUT2D eigenvalue weighted by Crippen LogP contribution is 2.32. The molecule has 1 aromatic carbocycles. The molecular weight excluding hydrogens is 242 g/mol. The van der Waals surface area contributed by atoms with Gasteiger partial charge in [-0.05, 0) is 30.2 Å². The maximum Gasteiger partial charge on any atom is 0.124 e. The van der Waals surface area contributed by atoms with E-state index in [2.05, 4.69) is 32.0 Å². The summed E-state index contributed by atoms with van der Waals surface area (Å²) in [6.45, 7) is 4.43. The Balaban J connectivity index is 2.26. The highest BCUT2D eigenvalue weighted by Gasteiger charge is 2.08. The Morgan fingerprint density at radius 1 is 1.11 bits per heavy atom. The van der Waals surface area contributed by atoms with Gasteiger partial charge in [-0.25, -0.2) is 4.98 Å². The van der Waals surface area contributed by atoms with Crippen LogP contribution in [0.5, 0.6) is 5.75 Å². The third kappa shape index (κ3) is 1.85. The monoisotopic (exact) mass is 257 g/mol. The van der Waals surface area contributed by atoms with Gasteiger partial charge in [0.25, 0.3) is 0 Å². The minimum atomic E-state index is 0.557. The van der Waals surface area contributed by atoms with Gasteiger partial charge in [0.15, 0.2) is 0 Å². The molecule has 2 aromatic heterocycles. The van der Waals surface area contributed by atoms with Gasteiger partial charge in [-0.2, -0.15) is 0 Å². The summed E-state index contributed by atoms with van der Waals surface area (Å²) in [6, 6.07) is 10.5. The maximum atomic E-state index is 5.24. The molecule has 0 radical (unpaired) electrons. The molecule has 2 nitrogen and oxygen atoms in total. The molecule has 0 saturated heterocycles. The van der Waals surface area contributed by atoms with E-state index in [1.54, 1.807) is 18.4 Å². The van der Waals surface area contributed by atoms with Crippen molar-refractivity contribution in [3.05, 3.63) is 35.2 Å². The molecule has 18 heavy (non-hydrogen) atoms. The zero-order valence-corrected chi connectivity index (χ0v) is 11.5. The van der Waals surface area contributed by atoms with Crippen LogP contribution in [0, 0.1) is 0 Å². The highest BCUT2D eigenvalue weighted by atomic mass is 32.1. The molecule has 0 aliphatic heterocycles. The maximum absolute atomic E-state index is 5.24. The number of aromatic nitrogens is 1. The molecule has 0 aliphatic rings. The number of benzene rings is 1. The third-order valence-electron chi connectivity index (χ3n) is 3.10. The minimum absolute atomic E-state index is 0.557. The van der Waals surface area contributed by atoms with Crippen LogP contribution >= 0.6 is 11.3 Å². The molecule has 0 spiro atoms. The molecule has 0 saturated carbocycles. The van der Waals surface area contributed by atoms with Gasteiger partial charge in [0, 0.05) is 21.7 Å². The van der Waals surface area contributed by atoms with Crippen molar-refractivity contribution in [3.8, 4) is 5.75 Å². The van der Waals surface area contributed by atoms with Crippen molar-refractivity contribution in [3.63, 3.8) is 0 Å². The molecular formula is C15H15NOS. The fourth-order valence-electron chi connectivity index (χ4n) is 2.04. The number of hydrogen-bond donors (Lipinski definition) is 0. The second-order valence-corrected chi connectivity index (χ2v) is 5.81. The summed E-state index contributed by atoms with van der Waals surface area (Å²) in [5.74, 6) is 1.41. The van der Waals surface area contributed by atoms with Gasteiger partial charge in [-0.1, -0.05) is 13.8 Å². The summed E-state index contributed by atoms with van der Waals surface area (Å²) in [5, 5.41) is 2.40. The number of nitrogens with zero attached hydrogens (tertiary/aromatic N) is 1. The van der Waals surface area contributed by atoms with Gasteiger partial charge in [0.05, 0.1) is 12.6 Å². The Kier molecular flexibility index (Phi) is 2.71. The van der Waals surface area contributed by atoms with E-state index in [9.17, 15) is 0 Å². The minimum Gasteiger partial charge on any atom is -0.497 e. The fraction of sp³-hybridized carbons (Fsp3) is 0.267. The largest absolute Gasteiger partial charge is 0.497 e.